The average molecular weight is 855 g/mol. The molecule has 2 aliphatic carbocycles. The molecule has 8 atom stereocenters. The van der Waals surface area contributed by atoms with Crippen LogP contribution in [-0.4, -0.2) is 115 Å². The van der Waals surface area contributed by atoms with Crippen LogP contribution in [0, 0.1) is 23.7 Å². The van der Waals surface area contributed by atoms with Crippen LogP contribution >= 0.6 is 0 Å². The standard InChI is InChI=1S/C48H54N8O7/c1-25(2)41(53-47(59)62-4)45(57)55-37-19-33(37)21-39(55)43-49-23-35(51-43)27-7-5-26(6-8-27)29-9-10-31-18-32(12-11-30(31)17-29)36-24-50-44(52-36)40-22-34-20-38(34)56(40)46(58)42(54(3)48(60)61)28-13-15-63-16-14-28/h5-12,17-18,23-25,28,33-34,37-42H,13-16,19-22H2,1-4H3,(H,49,51)(H,50,52)(H,53,59)(H,60,61)/t33-,34-,37-,38-,39+,40+,41+,42+/m1/s1. The molecule has 0 radical (unpaired) electrons. The Hall–Kier alpha value is -6.22. The van der Waals surface area contributed by atoms with Gasteiger partial charge in [-0.05, 0) is 102 Å². The van der Waals surface area contributed by atoms with Crippen LogP contribution < -0.4 is 5.32 Å². The highest BCUT2D eigenvalue weighted by molar-refractivity contribution is 5.91. The molecule has 0 bridgehead atoms. The normalized spacial score (nSPS) is 24.8. The molecule has 10 rings (SSSR count). The summed E-state index contributed by atoms with van der Waals surface area (Å²) in [6, 6.07) is 19.6. The van der Waals surface area contributed by atoms with E-state index in [0.717, 1.165) is 81.7 Å². The molecule has 3 aliphatic heterocycles. The van der Waals surface area contributed by atoms with Crippen LogP contribution in [0.1, 0.15) is 76.1 Å². The molecule has 63 heavy (non-hydrogen) atoms. The number of nitrogens with one attached hydrogen (secondary N) is 3. The maximum Gasteiger partial charge on any atom is 0.407 e. The van der Waals surface area contributed by atoms with E-state index in [0.29, 0.717) is 37.9 Å². The molecule has 2 saturated carbocycles. The predicted molar refractivity (Wildman–Crippen MR) is 234 cm³/mol. The molecule has 5 aromatic rings. The van der Waals surface area contributed by atoms with E-state index in [1.807, 2.05) is 36.0 Å². The molecule has 5 fully saturated rings. The van der Waals surface area contributed by atoms with E-state index in [-0.39, 0.29) is 47.8 Å². The Kier molecular flexibility index (Phi) is 10.5. The summed E-state index contributed by atoms with van der Waals surface area (Å²) in [6.45, 7) is 4.90. The second kappa shape index (κ2) is 16.2. The largest absolute Gasteiger partial charge is 0.465 e. The summed E-state index contributed by atoms with van der Waals surface area (Å²) in [5.41, 5.74) is 5.89. The van der Waals surface area contributed by atoms with Gasteiger partial charge in [0.1, 0.15) is 23.7 Å². The number of rotatable bonds is 11. The van der Waals surface area contributed by atoms with Crippen molar-refractivity contribution in [3.8, 4) is 33.6 Å². The Labute approximate surface area is 365 Å². The maximum absolute atomic E-state index is 14.3. The number of ether oxygens (including phenoxy) is 2. The van der Waals surface area contributed by atoms with Gasteiger partial charge in [0.15, 0.2) is 0 Å². The molecule has 0 unspecified atom stereocenters. The zero-order valence-corrected chi connectivity index (χ0v) is 36.0. The fraction of sp³-hybridized carbons (Fsp3) is 0.458. The SMILES string of the molecule is COC(=O)N[C@H](C(=O)N1[C@@H]2C[C@@H]2C[C@H]1c1ncc(-c2ccc(-c3ccc4cc(-c5cnc([C@@H]6C[C@H]7C[C@H]7N6C(=O)[C@H](C6CCOCC6)N(C)C(=O)O)[nH]5)ccc4c3)cc2)[nH]1)C(C)C. The molecule has 4 amide bonds. The Bertz CT molecular complexity index is 2560. The highest BCUT2D eigenvalue weighted by Gasteiger charge is 2.58. The number of piperidine rings is 2. The van der Waals surface area contributed by atoms with Gasteiger partial charge in [0.05, 0.1) is 43.0 Å². The summed E-state index contributed by atoms with van der Waals surface area (Å²) in [6.07, 6.45) is 6.83. The number of benzene rings is 3. The summed E-state index contributed by atoms with van der Waals surface area (Å²) in [5, 5.41) is 14.9. The monoisotopic (exact) mass is 854 g/mol. The van der Waals surface area contributed by atoms with Gasteiger partial charge >= 0.3 is 12.2 Å². The minimum Gasteiger partial charge on any atom is -0.465 e. The smallest absolute Gasteiger partial charge is 0.407 e. The van der Waals surface area contributed by atoms with Gasteiger partial charge in [-0.1, -0.05) is 62.4 Å². The van der Waals surface area contributed by atoms with Crippen molar-refractivity contribution in [1.29, 1.82) is 0 Å². The molecule has 4 N–H and O–H groups in total. The number of methoxy groups -OCH3 is 1. The summed E-state index contributed by atoms with van der Waals surface area (Å²) in [5.74, 6) is 1.92. The summed E-state index contributed by atoms with van der Waals surface area (Å²) in [7, 11) is 2.81. The van der Waals surface area contributed by atoms with Gasteiger partial charge in [0.25, 0.3) is 0 Å². The fourth-order valence-electron chi connectivity index (χ4n) is 10.6. The zero-order chi connectivity index (χ0) is 43.7. The third kappa shape index (κ3) is 7.59. The Balaban J connectivity index is 0.824. The first kappa shape index (κ1) is 40.8. The van der Waals surface area contributed by atoms with Crippen LogP contribution in [-0.2, 0) is 19.1 Å². The molecule has 15 nitrogen and oxygen atoms in total. The number of amides is 4. The minimum atomic E-state index is -1.10. The van der Waals surface area contributed by atoms with Crippen molar-refractivity contribution in [2.24, 2.45) is 23.7 Å². The topological polar surface area (TPSA) is 186 Å². The second-order valence-corrected chi connectivity index (χ2v) is 18.5. The van der Waals surface area contributed by atoms with Gasteiger partial charge in [-0.2, -0.15) is 0 Å². The number of alkyl carbamates (subject to hydrolysis) is 1. The average Bonchev–Trinajstić information content (AvgIpc) is 3.88. The van der Waals surface area contributed by atoms with E-state index in [2.05, 4.69) is 75.9 Å². The lowest BCUT2D eigenvalue weighted by atomic mass is 9.89. The Morgan fingerprint density at radius 1 is 0.762 bits per heavy atom. The third-order valence-electron chi connectivity index (χ3n) is 14.3. The molecule has 15 heteroatoms. The minimum absolute atomic E-state index is 0.0881. The van der Waals surface area contributed by atoms with Crippen molar-refractivity contribution in [3.05, 3.63) is 84.7 Å². The second-order valence-electron chi connectivity index (χ2n) is 18.5. The van der Waals surface area contributed by atoms with Crippen molar-refractivity contribution < 1.29 is 33.8 Å². The van der Waals surface area contributed by atoms with Crippen LogP contribution in [0.25, 0.3) is 44.4 Å². The van der Waals surface area contributed by atoms with E-state index < -0.39 is 24.3 Å². The number of carbonyl (C=O) groups excluding carboxylic acids is 3. The first-order chi connectivity index (χ1) is 30.5. The highest BCUT2D eigenvalue weighted by Crippen LogP contribution is 2.55. The van der Waals surface area contributed by atoms with Crippen LogP contribution in [0.2, 0.25) is 0 Å². The Morgan fingerprint density at radius 2 is 1.29 bits per heavy atom. The van der Waals surface area contributed by atoms with Gasteiger partial charge in [0.2, 0.25) is 11.8 Å². The number of aromatic amines is 2. The molecule has 5 aliphatic rings. The van der Waals surface area contributed by atoms with Crippen LogP contribution in [0.5, 0.6) is 0 Å². The number of carbonyl (C=O) groups is 4. The van der Waals surface area contributed by atoms with Crippen molar-refractivity contribution in [1.82, 2.24) is 40.0 Å². The molecule has 328 valence electrons. The highest BCUT2D eigenvalue weighted by atomic mass is 16.5. The van der Waals surface area contributed by atoms with Crippen molar-refractivity contribution in [2.75, 3.05) is 27.4 Å². The van der Waals surface area contributed by atoms with E-state index in [1.165, 1.54) is 19.1 Å². The first-order valence-electron chi connectivity index (χ1n) is 22.2. The maximum atomic E-state index is 14.3. The van der Waals surface area contributed by atoms with E-state index in [4.69, 9.17) is 19.4 Å². The van der Waals surface area contributed by atoms with Crippen molar-refractivity contribution in [2.45, 2.75) is 88.6 Å². The van der Waals surface area contributed by atoms with Crippen molar-refractivity contribution >= 4 is 34.8 Å². The van der Waals surface area contributed by atoms with Gasteiger partial charge < -0.3 is 39.7 Å². The van der Waals surface area contributed by atoms with Gasteiger partial charge in [-0.3, -0.25) is 14.5 Å². The predicted octanol–water partition coefficient (Wildman–Crippen LogP) is 7.40. The first-order valence-corrected chi connectivity index (χ1v) is 22.2. The number of nitrogens with zero attached hydrogens (tertiary/aromatic N) is 5. The van der Waals surface area contributed by atoms with E-state index in [9.17, 15) is 24.3 Å². The molecule has 2 aromatic heterocycles. The van der Waals surface area contributed by atoms with Gasteiger partial charge in [-0.25, -0.2) is 19.6 Å². The molecule has 5 heterocycles. The fourth-order valence-corrected chi connectivity index (χ4v) is 10.6. The molecule has 3 aromatic carbocycles. The van der Waals surface area contributed by atoms with Gasteiger partial charge in [-0.15, -0.1) is 0 Å². The zero-order valence-electron chi connectivity index (χ0n) is 36.0. The van der Waals surface area contributed by atoms with Crippen LogP contribution in [0.4, 0.5) is 9.59 Å². The van der Waals surface area contributed by atoms with E-state index >= 15 is 0 Å². The number of hydrogen-bond donors (Lipinski definition) is 4. The lowest BCUT2D eigenvalue weighted by molar-refractivity contribution is -0.141. The molecular formula is C48H54N8O7. The summed E-state index contributed by atoms with van der Waals surface area (Å²) in [4.78, 5) is 74.0. The van der Waals surface area contributed by atoms with Crippen molar-refractivity contribution in [3.63, 3.8) is 0 Å². The molecule has 0 spiro atoms. The number of likely N-dealkylation sites (tertiary alicyclic amines) is 2. The molecular weight excluding hydrogens is 801 g/mol. The van der Waals surface area contributed by atoms with Crippen LogP contribution in [0.15, 0.2) is 73.1 Å². The number of H-pyrrole nitrogens is 2. The number of imidazole rings is 2. The number of likely N-dealkylation sites (N-methyl/N-ethyl adjacent to an activating group) is 1. The molecule has 3 saturated heterocycles. The lowest BCUT2D eigenvalue weighted by Crippen LogP contribution is -2.54. The number of carboxylic acid groups (broad SMARTS) is 1. The number of hydrogen-bond acceptors (Lipinski definition) is 8. The number of aromatic nitrogens is 4. The summed E-state index contributed by atoms with van der Waals surface area (Å²) < 4.78 is 10.4. The number of fused-ring (bicyclic) bond motifs is 3. The van der Waals surface area contributed by atoms with Gasteiger partial charge in [0, 0.05) is 37.9 Å². The third-order valence-corrected chi connectivity index (χ3v) is 14.3. The quantitative estimate of drug-likeness (QED) is 0.105. The lowest BCUT2D eigenvalue weighted by Gasteiger charge is -2.38. The van der Waals surface area contributed by atoms with Crippen LogP contribution in [0.3, 0.4) is 0 Å². The summed E-state index contributed by atoms with van der Waals surface area (Å²) >= 11 is 0. The van der Waals surface area contributed by atoms with E-state index in [1.54, 1.807) is 0 Å². The Morgan fingerprint density at radius 3 is 1.86 bits per heavy atom.